The van der Waals surface area contributed by atoms with Gasteiger partial charge in [0.25, 0.3) is 5.56 Å². The van der Waals surface area contributed by atoms with Crippen molar-refractivity contribution in [2.24, 2.45) is 0 Å². The van der Waals surface area contributed by atoms with Gasteiger partial charge in [-0.15, -0.1) is 11.8 Å². The second-order valence-electron chi connectivity index (χ2n) is 5.22. The lowest BCUT2D eigenvalue weighted by Crippen LogP contribution is -2.15. The maximum Gasteiger partial charge on any atom is 0.258 e. The summed E-state index contributed by atoms with van der Waals surface area (Å²) < 4.78 is 2.41. The molecule has 0 spiro atoms. The third-order valence-corrected chi connectivity index (χ3v) is 5.06. The molecular weight excluding hydrogens is 360 g/mol. The Labute approximate surface area is 141 Å². The largest absolute Gasteiger partial charge is 0.269 e. The van der Waals surface area contributed by atoms with Crippen LogP contribution in [0.5, 0.6) is 0 Å². The summed E-state index contributed by atoms with van der Waals surface area (Å²) in [4.78, 5) is 18.0. The van der Waals surface area contributed by atoms with Crippen LogP contribution in [0, 0.1) is 13.8 Å². The molecule has 0 N–H and O–H groups in total. The summed E-state index contributed by atoms with van der Waals surface area (Å²) in [6.07, 6.45) is 1.74. The maximum absolute atomic E-state index is 12.2. The smallest absolute Gasteiger partial charge is 0.258 e. The van der Waals surface area contributed by atoms with Crippen LogP contribution in [0.2, 0.25) is 0 Å². The number of aromatic nitrogens is 2. The molecule has 2 aromatic heterocycles. The molecule has 0 radical (unpaired) electrons. The summed E-state index contributed by atoms with van der Waals surface area (Å²) in [5.41, 5.74) is 3.94. The number of fused-ring (bicyclic) bond motifs is 1. The van der Waals surface area contributed by atoms with Crippen LogP contribution >= 0.6 is 27.7 Å². The predicted octanol–water partition coefficient (Wildman–Crippen LogP) is 4.37. The molecule has 5 heteroatoms. The van der Waals surface area contributed by atoms with Gasteiger partial charge in [0.2, 0.25) is 0 Å². The molecule has 0 saturated heterocycles. The minimum Gasteiger partial charge on any atom is -0.269 e. The molecule has 0 aliphatic carbocycles. The van der Waals surface area contributed by atoms with Crippen LogP contribution in [0.25, 0.3) is 5.65 Å². The van der Waals surface area contributed by atoms with Crippen molar-refractivity contribution in [3.63, 3.8) is 0 Å². The Hall–Kier alpha value is -1.59. The first kappa shape index (κ1) is 15.3. The number of rotatable bonds is 3. The van der Waals surface area contributed by atoms with Crippen molar-refractivity contribution in [3.05, 3.63) is 74.2 Å². The van der Waals surface area contributed by atoms with E-state index >= 15 is 0 Å². The van der Waals surface area contributed by atoms with E-state index < -0.39 is 0 Å². The molecule has 0 saturated carbocycles. The highest BCUT2D eigenvalue weighted by molar-refractivity contribution is 9.10. The van der Waals surface area contributed by atoms with Crippen LogP contribution in [0.15, 0.2) is 56.8 Å². The lowest BCUT2D eigenvalue weighted by atomic mass is 10.2. The van der Waals surface area contributed by atoms with Gasteiger partial charge < -0.3 is 0 Å². The Morgan fingerprint density at radius 1 is 1.18 bits per heavy atom. The molecule has 112 valence electrons. The molecule has 0 amide bonds. The van der Waals surface area contributed by atoms with Crippen molar-refractivity contribution in [1.82, 2.24) is 9.38 Å². The molecule has 0 unspecified atom stereocenters. The minimum atomic E-state index is -0.0532. The van der Waals surface area contributed by atoms with Crippen LogP contribution < -0.4 is 5.56 Å². The normalized spacial score (nSPS) is 11.0. The number of aryl methyl sites for hydroxylation is 2. The van der Waals surface area contributed by atoms with E-state index in [1.807, 2.05) is 12.1 Å². The molecule has 0 atom stereocenters. The monoisotopic (exact) mass is 374 g/mol. The van der Waals surface area contributed by atoms with Crippen molar-refractivity contribution in [1.29, 1.82) is 0 Å². The molecule has 0 fully saturated rings. The number of nitrogens with zero attached hydrogens (tertiary/aromatic N) is 2. The SMILES string of the molecule is Cc1ccc(SCc2cc(=O)n3cc(Br)ccc3n2)c(C)c1. The Morgan fingerprint density at radius 2 is 2.00 bits per heavy atom. The average molecular weight is 375 g/mol. The van der Waals surface area contributed by atoms with E-state index in [1.54, 1.807) is 28.4 Å². The first-order valence-electron chi connectivity index (χ1n) is 6.91. The van der Waals surface area contributed by atoms with Crippen LogP contribution in [-0.2, 0) is 5.75 Å². The summed E-state index contributed by atoms with van der Waals surface area (Å²) in [5, 5.41) is 0. The Morgan fingerprint density at radius 3 is 2.77 bits per heavy atom. The molecule has 0 aliphatic rings. The fourth-order valence-corrected chi connectivity index (χ4v) is 3.55. The highest BCUT2D eigenvalue weighted by atomic mass is 79.9. The second kappa shape index (κ2) is 6.26. The quantitative estimate of drug-likeness (QED) is 0.638. The lowest BCUT2D eigenvalue weighted by molar-refractivity contribution is 1.01. The van der Waals surface area contributed by atoms with E-state index in [2.05, 4.69) is 53.0 Å². The van der Waals surface area contributed by atoms with Gasteiger partial charge in [0.05, 0.1) is 5.69 Å². The van der Waals surface area contributed by atoms with Gasteiger partial charge in [-0.2, -0.15) is 0 Å². The van der Waals surface area contributed by atoms with E-state index in [9.17, 15) is 4.79 Å². The molecule has 22 heavy (non-hydrogen) atoms. The van der Waals surface area contributed by atoms with Crippen LogP contribution in [0.1, 0.15) is 16.8 Å². The standard InChI is InChI=1S/C17H15BrN2OS/c1-11-3-5-15(12(2)7-11)22-10-14-8-17(21)20-9-13(18)4-6-16(20)19-14/h3-9H,10H2,1-2H3. The zero-order valence-corrected chi connectivity index (χ0v) is 14.7. The van der Waals surface area contributed by atoms with Gasteiger partial charge in [0.15, 0.2) is 0 Å². The topological polar surface area (TPSA) is 34.4 Å². The Bertz CT molecular complexity index is 905. The zero-order valence-electron chi connectivity index (χ0n) is 12.3. The summed E-state index contributed by atoms with van der Waals surface area (Å²) in [6, 6.07) is 11.7. The fourth-order valence-electron chi connectivity index (χ4n) is 2.31. The molecule has 3 rings (SSSR count). The van der Waals surface area contributed by atoms with Gasteiger partial charge >= 0.3 is 0 Å². The number of hydrogen-bond acceptors (Lipinski definition) is 3. The van der Waals surface area contributed by atoms with Gasteiger partial charge in [-0.1, -0.05) is 17.7 Å². The van der Waals surface area contributed by atoms with E-state index in [0.717, 1.165) is 10.2 Å². The summed E-state index contributed by atoms with van der Waals surface area (Å²) in [5.74, 6) is 0.686. The molecule has 0 bridgehead atoms. The van der Waals surface area contributed by atoms with Crippen molar-refractivity contribution < 1.29 is 0 Å². The van der Waals surface area contributed by atoms with Gasteiger partial charge in [-0.25, -0.2) is 4.98 Å². The van der Waals surface area contributed by atoms with Crippen LogP contribution in [0.3, 0.4) is 0 Å². The van der Waals surface area contributed by atoms with Crippen LogP contribution in [-0.4, -0.2) is 9.38 Å². The number of benzene rings is 1. The lowest BCUT2D eigenvalue weighted by Gasteiger charge is -2.07. The summed E-state index contributed by atoms with van der Waals surface area (Å²) in [7, 11) is 0. The Kier molecular flexibility index (Phi) is 4.36. The summed E-state index contributed by atoms with van der Waals surface area (Å²) >= 11 is 5.08. The zero-order chi connectivity index (χ0) is 15.7. The van der Waals surface area contributed by atoms with E-state index in [4.69, 9.17) is 0 Å². The van der Waals surface area contributed by atoms with E-state index in [0.29, 0.717) is 11.4 Å². The Balaban J connectivity index is 1.88. The molecule has 3 nitrogen and oxygen atoms in total. The predicted molar refractivity (Wildman–Crippen MR) is 94.6 cm³/mol. The van der Waals surface area contributed by atoms with Gasteiger partial charge in [0, 0.05) is 27.4 Å². The van der Waals surface area contributed by atoms with Gasteiger partial charge in [-0.3, -0.25) is 9.20 Å². The molecule has 0 aliphatic heterocycles. The number of thioether (sulfide) groups is 1. The third-order valence-electron chi connectivity index (χ3n) is 3.38. The molecular formula is C17H15BrN2OS. The van der Waals surface area contributed by atoms with E-state index in [-0.39, 0.29) is 5.56 Å². The minimum absolute atomic E-state index is 0.0532. The van der Waals surface area contributed by atoms with Gasteiger partial charge in [0.1, 0.15) is 5.65 Å². The molecule has 1 aromatic carbocycles. The third kappa shape index (κ3) is 3.25. The van der Waals surface area contributed by atoms with Crippen molar-refractivity contribution >= 4 is 33.3 Å². The average Bonchev–Trinajstić information content (AvgIpc) is 2.47. The van der Waals surface area contributed by atoms with Gasteiger partial charge in [-0.05, 0) is 53.5 Å². The second-order valence-corrected chi connectivity index (χ2v) is 7.15. The number of pyridine rings is 1. The van der Waals surface area contributed by atoms with Crippen molar-refractivity contribution in [2.75, 3.05) is 0 Å². The first-order valence-corrected chi connectivity index (χ1v) is 8.69. The van der Waals surface area contributed by atoms with E-state index in [1.165, 1.54) is 16.0 Å². The highest BCUT2D eigenvalue weighted by Gasteiger charge is 2.05. The first-order chi connectivity index (χ1) is 10.5. The van der Waals surface area contributed by atoms with Crippen molar-refractivity contribution in [3.8, 4) is 0 Å². The highest BCUT2D eigenvalue weighted by Crippen LogP contribution is 2.26. The number of halogens is 1. The number of hydrogen-bond donors (Lipinski definition) is 0. The van der Waals surface area contributed by atoms with Crippen LogP contribution in [0.4, 0.5) is 0 Å². The van der Waals surface area contributed by atoms with Crippen molar-refractivity contribution in [2.45, 2.75) is 24.5 Å². The summed E-state index contributed by atoms with van der Waals surface area (Å²) in [6.45, 7) is 4.20. The maximum atomic E-state index is 12.2. The molecule has 3 aromatic rings. The molecule has 2 heterocycles. The fraction of sp³-hybridized carbons (Fsp3) is 0.176.